The summed E-state index contributed by atoms with van der Waals surface area (Å²) < 4.78 is 10.5. The van der Waals surface area contributed by atoms with Crippen molar-refractivity contribution >= 4 is 17.1 Å². The number of carboxylic acids is 1. The molecule has 0 saturated carbocycles. The van der Waals surface area contributed by atoms with Crippen molar-refractivity contribution in [1.82, 2.24) is 10.3 Å². The SMILES string of the molecule is CNC(C(=O)O)C1(c2ccc3ncoc3c2)COC1. The third-order valence-electron chi connectivity index (χ3n) is 3.71. The molecule has 6 nitrogen and oxygen atoms in total. The monoisotopic (exact) mass is 262 g/mol. The maximum atomic E-state index is 11.4. The summed E-state index contributed by atoms with van der Waals surface area (Å²) in [5.41, 5.74) is 1.76. The van der Waals surface area contributed by atoms with Crippen LogP contribution in [0.4, 0.5) is 0 Å². The average Bonchev–Trinajstić information content (AvgIpc) is 2.79. The van der Waals surface area contributed by atoms with Gasteiger partial charge in [0, 0.05) is 0 Å². The molecule has 0 spiro atoms. The molecule has 1 fully saturated rings. The van der Waals surface area contributed by atoms with Crippen molar-refractivity contribution in [3.05, 3.63) is 30.2 Å². The Morgan fingerprint density at radius 2 is 2.32 bits per heavy atom. The number of fused-ring (bicyclic) bond motifs is 1. The molecule has 2 aromatic rings. The van der Waals surface area contributed by atoms with Gasteiger partial charge in [0.25, 0.3) is 0 Å². The molecule has 19 heavy (non-hydrogen) atoms. The van der Waals surface area contributed by atoms with E-state index in [1.807, 2.05) is 18.2 Å². The van der Waals surface area contributed by atoms with E-state index in [4.69, 9.17) is 9.15 Å². The van der Waals surface area contributed by atoms with Crippen molar-refractivity contribution in [2.45, 2.75) is 11.5 Å². The first kappa shape index (κ1) is 12.1. The Morgan fingerprint density at radius 3 is 2.89 bits per heavy atom. The van der Waals surface area contributed by atoms with Crippen LogP contribution in [0.2, 0.25) is 0 Å². The van der Waals surface area contributed by atoms with Crippen LogP contribution in [0.15, 0.2) is 29.0 Å². The smallest absolute Gasteiger partial charge is 0.321 e. The number of hydrogen-bond donors (Lipinski definition) is 2. The molecular formula is C13H14N2O4. The second kappa shape index (κ2) is 4.32. The molecule has 0 amide bonds. The number of carbonyl (C=O) groups is 1. The average molecular weight is 262 g/mol. The van der Waals surface area contributed by atoms with Crippen LogP contribution in [0.1, 0.15) is 5.56 Å². The number of nitrogens with zero attached hydrogens (tertiary/aromatic N) is 1. The van der Waals surface area contributed by atoms with Gasteiger partial charge in [0.1, 0.15) is 11.6 Å². The molecule has 2 N–H and O–H groups in total. The van der Waals surface area contributed by atoms with E-state index in [0.29, 0.717) is 18.8 Å². The van der Waals surface area contributed by atoms with Gasteiger partial charge in [-0.1, -0.05) is 6.07 Å². The lowest BCUT2D eigenvalue weighted by molar-refractivity contribution is -0.150. The fraction of sp³-hybridized carbons (Fsp3) is 0.385. The summed E-state index contributed by atoms with van der Waals surface area (Å²) in [6, 6.07) is 4.88. The first-order valence-corrected chi connectivity index (χ1v) is 5.99. The Bertz CT molecular complexity index is 618. The third-order valence-corrected chi connectivity index (χ3v) is 3.71. The molecule has 0 aliphatic carbocycles. The van der Waals surface area contributed by atoms with Gasteiger partial charge in [-0.3, -0.25) is 4.79 Å². The second-order valence-corrected chi connectivity index (χ2v) is 4.74. The van der Waals surface area contributed by atoms with Gasteiger partial charge in [0.15, 0.2) is 12.0 Å². The van der Waals surface area contributed by atoms with E-state index in [1.54, 1.807) is 7.05 Å². The number of likely N-dealkylation sites (N-methyl/N-ethyl adjacent to an activating group) is 1. The van der Waals surface area contributed by atoms with Crippen LogP contribution < -0.4 is 5.32 Å². The molecule has 100 valence electrons. The molecule has 3 rings (SSSR count). The summed E-state index contributed by atoms with van der Waals surface area (Å²) in [5.74, 6) is -0.886. The van der Waals surface area contributed by atoms with E-state index < -0.39 is 17.4 Å². The maximum absolute atomic E-state index is 11.4. The Balaban J connectivity index is 2.07. The number of aromatic nitrogens is 1. The minimum absolute atomic E-state index is 0.379. The van der Waals surface area contributed by atoms with E-state index in [1.165, 1.54) is 6.39 Å². The molecule has 1 saturated heterocycles. The molecule has 1 aromatic heterocycles. The van der Waals surface area contributed by atoms with E-state index >= 15 is 0 Å². The van der Waals surface area contributed by atoms with Gasteiger partial charge >= 0.3 is 5.97 Å². The quantitative estimate of drug-likeness (QED) is 0.846. The highest BCUT2D eigenvalue weighted by atomic mass is 16.5. The van der Waals surface area contributed by atoms with Gasteiger partial charge < -0.3 is 19.6 Å². The number of rotatable bonds is 4. The predicted molar refractivity (Wildman–Crippen MR) is 67.0 cm³/mol. The number of hydrogen-bond acceptors (Lipinski definition) is 5. The van der Waals surface area contributed by atoms with Crippen molar-refractivity contribution in [3.8, 4) is 0 Å². The molecule has 1 aliphatic heterocycles. The van der Waals surface area contributed by atoms with Gasteiger partial charge in [-0.05, 0) is 24.7 Å². The minimum atomic E-state index is -0.886. The summed E-state index contributed by atoms with van der Waals surface area (Å²) in [7, 11) is 1.64. The molecule has 0 bridgehead atoms. The topological polar surface area (TPSA) is 84.6 Å². The third kappa shape index (κ3) is 1.72. The second-order valence-electron chi connectivity index (χ2n) is 4.74. The first-order chi connectivity index (χ1) is 9.17. The van der Waals surface area contributed by atoms with Crippen molar-refractivity contribution < 1.29 is 19.1 Å². The normalized spacial score (nSPS) is 19.0. The summed E-state index contributed by atoms with van der Waals surface area (Å²) in [6.07, 6.45) is 1.38. The lowest BCUT2D eigenvalue weighted by Crippen LogP contribution is -2.62. The van der Waals surface area contributed by atoms with Crippen LogP contribution in [0.25, 0.3) is 11.1 Å². The highest BCUT2D eigenvalue weighted by Gasteiger charge is 2.50. The highest BCUT2D eigenvalue weighted by molar-refractivity contribution is 5.78. The summed E-state index contributed by atoms with van der Waals surface area (Å²) in [5, 5.41) is 12.2. The molecule has 0 radical (unpaired) electrons. The number of oxazole rings is 1. The number of benzene rings is 1. The number of aliphatic carboxylic acids is 1. The zero-order chi connectivity index (χ0) is 13.5. The first-order valence-electron chi connectivity index (χ1n) is 5.99. The van der Waals surface area contributed by atoms with E-state index in [2.05, 4.69) is 10.3 Å². The van der Waals surface area contributed by atoms with Crippen molar-refractivity contribution in [2.24, 2.45) is 0 Å². The zero-order valence-corrected chi connectivity index (χ0v) is 10.4. The van der Waals surface area contributed by atoms with Crippen molar-refractivity contribution in [2.75, 3.05) is 20.3 Å². The maximum Gasteiger partial charge on any atom is 0.321 e. The van der Waals surface area contributed by atoms with E-state index in [-0.39, 0.29) is 0 Å². The number of nitrogens with one attached hydrogen (secondary N) is 1. The molecule has 1 unspecified atom stereocenters. The standard InChI is InChI=1S/C13H14N2O4/c1-14-11(12(16)17)13(5-18-6-13)8-2-3-9-10(4-8)19-7-15-9/h2-4,7,11,14H,5-6H2,1H3,(H,16,17). The van der Waals surface area contributed by atoms with Crippen LogP contribution in [0.5, 0.6) is 0 Å². The Labute approximate surface area is 109 Å². The van der Waals surface area contributed by atoms with Gasteiger partial charge in [-0.2, -0.15) is 0 Å². The fourth-order valence-electron chi connectivity index (χ4n) is 2.62. The summed E-state index contributed by atoms with van der Waals surface area (Å²) in [6.45, 7) is 0.759. The van der Waals surface area contributed by atoms with Crippen molar-refractivity contribution in [3.63, 3.8) is 0 Å². The van der Waals surface area contributed by atoms with Crippen LogP contribution in [-0.2, 0) is 14.9 Å². The predicted octanol–water partition coefficient (Wildman–Crippen LogP) is 0.768. The lowest BCUT2D eigenvalue weighted by atomic mass is 9.72. The zero-order valence-electron chi connectivity index (χ0n) is 10.4. The number of carboxylic acid groups (broad SMARTS) is 1. The van der Waals surface area contributed by atoms with Crippen LogP contribution >= 0.6 is 0 Å². The Morgan fingerprint density at radius 1 is 1.53 bits per heavy atom. The van der Waals surface area contributed by atoms with E-state index in [0.717, 1.165) is 11.1 Å². The molecule has 1 aliphatic rings. The molecule has 1 aromatic carbocycles. The van der Waals surface area contributed by atoms with Gasteiger partial charge in [-0.15, -0.1) is 0 Å². The van der Waals surface area contributed by atoms with Crippen LogP contribution in [0.3, 0.4) is 0 Å². The summed E-state index contributed by atoms with van der Waals surface area (Å²) >= 11 is 0. The summed E-state index contributed by atoms with van der Waals surface area (Å²) in [4.78, 5) is 15.5. The lowest BCUT2D eigenvalue weighted by Gasteiger charge is -2.45. The van der Waals surface area contributed by atoms with E-state index in [9.17, 15) is 9.90 Å². The Kier molecular flexibility index (Phi) is 2.76. The Hall–Kier alpha value is -1.92. The van der Waals surface area contributed by atoms with Crippen LogP contribution in [-0.4, -0.2) is 42.4 Å². The molecular weight excluding hydrogens is 248 g/mol. The fourth-order valence-corrected chi connectivity index (χ4v) is 2.62. The van der Waals surface area contributed by atoms with Gasteiger partial charge in [-0.25, -0.2) is 4.98 Å². The van der Waals surface area contributed by atoms with Crippen molar-refractivity contribution in [1.29, 1.82) is 0 Å². The van der Waals surface area contributed by atoms with Gasteiger partial charge in [0.05, 0.1) is 18.6 Å². The largest absolute Gasteiger partial charge is 0.480 e. The molecule has 1 atom stereocenters. The van der Waals surface area contributed by atoms with Crippen LogP contribution in [0, 0.1) is 0 Å². The molecule has 2 heterocycles. The molecule has 6 heteroatoms. The van der Waals surface area contributed by atoms with Gasteiger partial charge in [0.2, 0.25) is 0 Å². The highest BCUT2D eigenvalue weighted by Crippen LogP contribution is 2.37. The minimum Gasteiger partial charge on any atom is -0.480 e. The number of ether oxygens (including phenoxy) is 1.